The van der Waals surface area contributed by atoms with Crippen molar-refractivity contribution in [2.24, 2.45) is 0 Å². The summed E-state index contributed by atoms with van der Waals surface area (Å²) in [6.07, 6.45) is 3.18. The number of aromatic nitrogens is 2. The van der Waals surface area contributed by atoms with Crippen molar-refractivity contribution >= 4 is 15.7 Å². The molecule has 1 fully saturated rings. The van der Waals surface area contributed by atoms with Crippen molar-refractivity contribution in [2.75, 3.05) is 18.8 Å². The standard InChI is InChI=1S/C31H41N3O3S/c1-7-38(36,37)25-16-13-23(14-17-25)15-18-29(35)33-19-26(24-11-9-8-10-12-24)27(20-33)28-21-34(22(2)3)32-30(28)31(4,5)6/h8-14,16-17,21-22,26-27H,7,15,18-20H2,1-6H3. The summed E-state index contributed by atoms with van der Waals surface area (Å²) in [4.78, 5) is 15.8. The van der Waals surface area contributed by atoms with E-state index in [-0.39, 0.29) is 35.0 Å². The summed E-state index contributed by atoms with van der Waals surface area (Å²) >= 11 is 0. The maximum atomic E-state index is 13.4. The minimum atomic E-state index is -3.22. The molecule has 0 aliphatic carbocycles. The van der Waals surface area contributed by atoms with Gasteiger partial charge in [0.05, 0.1) is 16.3 Å². The molecule has 2 atom stereocenters. The second-order valence-electron chi connectivity index (χ2n) is 11.7. The van der Waals surface area contributed by atoms with Crippen molar-refractivity contribution in [3.8, 4) is 0 Å². The van der Waals surface area contributed by atoms with Gasteiger partial charge in [-0.1, -0.05) is 70.2 Å². The molecule has 0 N–H and O–H groups in total. The molecule has 204 valence electrons. The van der Waals surface area contributed by atoms with Gasteiger partial charge >= 0.3 is 0 Å². The zero-order chi connectivity index (χ0) is 27.7. The molecule has 38 heavy (non-hydrogen) atoms. The molecule has 0 radical (unpaired) electrons. The molecule has 2 unspecified atom stereocenters. The normalized spacial score (nSPS) is 18.3. The van der Waals surface area contributed by atoms with E-state index in [9.17, 15) is 13.2 Å². The lowest BCUT2D eigenvalue weighted by Gasteiger charge is -2.23. The number of benzene rings is 2. The Morgan fingerprint density at radius 3 is 2.21 bits per heavy atom. The van der Waals surface area contributed by atoms with Crippen LogP contribution in [0.2, 0.25) is 0 Å². The summed E-state index contributed by atoms with van der Waals surface area (Å²) in [6.45, 7) is 13.9. The molecule has 0 bridgehead atoms. The molecule has 1 amide bonds. The van der Waals surface area contributed by atoms with Crippen LogP contribution in [0.1, 0.15) is 88.2 Å². The number of nitrogens with zero attached hydrogens (tertiary/aromatic N) is 3. The zero-order valence-electron chi connectivity index (χ0n) is 23.5. The lowest BCUT2D eigenvalue weighted by molar-refractivity contribution is -0.130. The van der Waals surface area contributed by atoms with E-state index in [1.165, 1.54) is 11.1 Å². The Bertz CT molecular complexity index is 1350. The summed E-state index contributed by atoms with van der Waals surface area (Å²) in [7, 11) is -3.22. The van der Waals surface area contributed by atoms with E-state index in [0.717, 1.165) is 11.3 Å². The number of hydrogen-bond donors (Lipinski definition) is 0. The van der Waals surface area contributed by atoms with Gasteiger partial charge in [0, 0.05) is 49.0 Å². The number of amides is 1. The van der Waals surface area contributed by atoms with Crippen molar-refractivity contribution in [2.45, 2.75) is 82.6 Å². The highest BCUT2D eigenvalue weighted by atomic mass is 32.2. The van der Waals surface area contributed by atoms with E-state index >= 15 is 0 Å². The highest BCUT2D eigenvalue weighted by molar-refractivity contribution is 7.91. The van der Waals surface area contributed by atoms with Crippen molar-refractivity contribution in [3.05, 3.63) is 83.2 Å². The van der Waals surface area contributed by atoms with E-state index in [2.05, 4.69) is 69.8 Å². The Balaban J connectivity index is 1.56. The summed E-state index contributed by atoms with van der Waals surface area (Å²) in [5.41, 5.74) is 4.46. The lowest BCUT2D eigenvalue weighted by Crippen LogP contribution is -2.29. The Kier molecular flexibility index (Phi) is 8.17. The minimum absolute atomic E-state index is 0.0799. The molecule has 2 aromatic carbocycles. The molecule has 1 aliphatic heterocycles. The van der Waals surface area contributed by atoms with Gasteiger partial charge in [0.2, 0.25) is 5.91 Å². The second-order valence-corrected chi connectivity index (χ2v) is 14.0. The minimum Gasteiger partial charge on any atom is -0.341 e. The SMILES string of the molecule is CCS(=O)(=O)c1ccc(CCC(=O)N2CC(c3ccccc3)C(c3cn(C(C)C)nc3C(C)(C)C)C2)cc1. The molecule has 3 aromatic rings. The van der Waals surface area contributed by atoms with Gasteiger partial charge < -0.3 is 4.90 Å². The average molecular weight is 536 g/mol. The molecule has 1 aliphatic rings. The van der Waals surface area contributed by atoms with Crippen molar-refractivity contribution in [3.63, 3.8) is 0 Å². The first-order valence-electron chi connectivity index (χ1n) is 13.6. The Labute approximate surface area is 228 Å². The highest BCUT2D eigenvalue weighted by Gasteiger charge is 2.40. The first kappa shape index (κ1) is 28.1. The fourth-order valence-corrected chi connectivity index (χ4v) is 6.21. The zero-order valence-corrected chi connectivity index (χ0v) is 24.3. The van der Waals surface area contributed by atoms with Crippen LogP contribution in [-0.2, 0) is 26.5 Å². The number of likely N-dealkylation sites (tertiary alicyclic amines) is 1. The van der Waals surface area contributed by atoms with E-state index in [0.29, 0.717) is 30.8 Å². The Morgan fingerprint density at radius 2 is 1.63 bits per heavy atom. The van der Waals surface area contributed by atoms with E-state index < -0.39 is 9.84 Å². The number of carbonyl (C=O) groups excluding carboxylic acids is 1. The van der Waals surface area contributed by atoms with Gasteiger partial charge in [-0.05, 0) is 49.1 Å². The third kappa shape index (κ3) is 6.04. The molecule has 1 aromatic heterocycles. The average Bonchev–Trinajstić information content (AvgIpc) is 3.53. The number of sulfone groups is 1. The van der Waals surface area contributed by atoms with Gasteiger partial charge in [-0.25, -0.2) is 8.42 Å². The van der Waals surface area contributed by atoms with E-state index in [4.69, 9.17) is 5.10 Å². The van der Waals surface area contributed by atoms with Gasteiger partial charge in [0.1, 0.15) is 0 Å². The number of aryl methyl sites for hydroxylation is 1. The smallest absolute Gasteiger partial charge is 0.222 e. The van der Waals surface area contributed by atoms with Crippen LogP contribution in [0.3, 0.4) is 0 Å². The maximum Gasteiger partial charge on any atom is 0.222 e. The van der Waals surface area contributed by atoms with Gasteiger partial charge in [0.25, 0.3) is 0 Å². The predicted octanol–water partition coefficient (Wildman–Crippen LogP) is 5.90. The number of rotatable bonds is 8. The van der Waals surface area contributed by atoms with E-state index in [1.54, 1.807) is 19.1 Å². The maximum absolute atomic E-state index is 13.4. The van der Waals surface area contributed by atoms with Crippen LogP contribution in [0.25, 0.3) is 0 Å². The molecular formula is C31H41N3O3S. The fraction of sp³-hybridized carbons (Fsp3) is 0.484. The van der Waals surface area contributed by atoms with Crippen LogP contribution in [0, 0.1) is 0 Å². The fourth-order valence-electron chi connectivity index (χ4n) is 5.32. The van der Waals surface area contributed by atoms with Crippen molar-refractivity contribution in [1.29, 1.82) is 0 Å². The van der Waals surface area contributed by atoms with Gasteiger partial charge in [-0.3, -0.25) is 9.48 Å². The number of hydrogen-bond acceptors (Lipinski definition) is 4. The van der Waals surface area contributed by atoms with Gasteiger partial charge in [-0.15, -0.1) is 0 Å². The third-order valence-corrected chi connectivity index (χ3v) is 9.34. The molecular weight excluding hydrogens is 494 g/mol. The largest absolute Gasteiger partial charge is 0.341 e. The summed E-state index contributed by atoms with van der Waals surface area (Å²) < 4.78 is 26.3. The van der Waals surface area contributed by atoms with Crippen LogP contribution in [-0.4, -0.2) is 47.8 Å². The van der Waals surface area contributed by atoms with Crippen molar-refractivity contribution < 1.29 is 13.2 Å². The second kappa shape index (κ2) is 11.0. The summed E-state index contributed by atoms with van der Waals surface area (Å²) in [5, 5.41) is 5.00. The first-order chi connectivity index (χ1) is 17.9. The summed E-state index contributed by atoms with van der Waals surface area (Å²) in [6, 6.07) is 17.7. The predicted molar refractivity (Wildman–Crippen MR) is 152 cm³/mol. The topological polar surface area (TPSA) is 72.3 Å². The Hall–Kier alpha value is -2.93. The Morgan fingerprint density at radius 1 is 1.00 bits per heavy atom. The molecule has 0 saturated carbocycles. The van der Waals surface area contributed by atoms with E-state index in [1.807, 2.05) is 23.1 Å². The number of carbonyl (C=O) groups is 1. The molecule has 6 nitrogen and oxygen atoms in total. The molecule has 1 saturated heterocycles. The van der Waals surface area contributed by atoms with Gasteiger partial charge in [0.15, 0.2) is 9.84 Å². The molecule has 0 spiro atoms. The monoisotopic (exact) mass is 535 g/mol. The molecule has 7 heteroatoms. The summed E-state index contributed by atoms with van der Waals surface area (Å²) in [5.74, 6) is 0.578. The van der Waals surface area contributed by atoms with Crippen LogP contribution < -0.4 is 0 Å². The van der Waals surface area contributed by atoms with Gasteiger partial charge in [-0.2, -0.15) is 5.10 Å². The lowest BCUT2D eigenvalue weighted by atomic mass is 9.79. The first-order valence-corrected chi connectivity index (χ1v) is 15.3. The molecule has 2 heterocycles. The van der Waals surface area contributed by atoms with Crippen LogP contribution in [0.4, 0.5) is 0 Å². The van der Waals surface area contributed by atoms with Crippen molar-refractivity contribution in [1.82, 2.24) is 14.7 Å². The third-order valence-electron chi connectivity index (χ3n) is 7.59. The highest BCUT2D eigenvalue weighted by Crippen LogP contribution is 2.43. The quantitative estimate of drug-likeness (QED) is 0.360. The van der Waals surface area contributed by atoms with Crippen LogP contribution in [0.5, 0.6) is 0 Å². The van der Waals surface area contributed by atoms with Crippen LogP contribution in [0.15, 0.2) is 65.7 Å². The van der Waals surface area contributed by atoms with Crippen LogP contribution >= 0.6 is 0 Å². The molecule has 4 rings (SSSR count).